The Morgan fingerprint density at radius 2 is 1.22 bits per heavy atom. The third kappa shape index (κ3) is 2.47. The van der Waals surface area contributed by atoms with Gasteiger partial charge in [0.15, 0.2) is 10.1 Å². The van der Waals surface area contributed by atoms with Gasteiger partial charge in [0.05, 0.1) is 0 Å². The Hall–Kier alpha value is -2.44. The lowest BCUT2D eigenvalue weighted by atomic mass is 10.2. The van der Waals surface area contributed by atoms with Crippen LogP contribution in [0, 0.1) is 0 Å². The quantitative estimate of drug-likeness (QED) is 0.708. The summed E-state index contributed by atoms with van der Waals surface area (Å²) in [5.41, 5.74) is 2.02. The molecule has 1 saturated heterocycles. The highest BCUT2D eigenvalue weighted by Crippen LogP contribution is 2.44. The first kappa shape index (κ1) is 17.9. The van der Waals surface area contributed by atoms with Crippen molar-refractivity contribution in [1.29, 1.82) is 0 Å². The Bertz CT molecular complexity index is 868. The van der Waals surface area contributed by atoms with E-state index in [2.05, 4.69) is 65.2 Å². The molecule has 2 aliphatic rings. The van der Waals surface area contributed by atoms with Gasteiger partial charge in [-0.15, -0.1) is 0 Å². The van der Waals surface area contributed by atoms with Crippen LogP contribution >= 0.6 is 24.4 Å². The number of thiocarbonyl (C=S) groups is 2. The second kappa shape index (κ2) is 6.94. The Kier molecular flexibility index (Phi) is 4.61. The monoisotopic (exact) mass is 394 g/mol. The first-order valence-electron chi connectivity index (χ1n) is 9.16. The predicted molar refractivity (Wildman–Crippen MR) is 120 cm³/mol. The molecule has 27 heavy (non-hydrogen) atoms. The van der Waals surface area contributed by atoms with Gasteiger partial charge in [0, 0.05) is 36.9 Å². The van der Waals surface area contributed by atoms with Crippen molar-refractivity contribution < 1.29 is 0 Å². The zero-order valence-corrected chi connectivity index (χ0v) is 17.1. The lowest BCUT2D eigenvalue weighted by molar-refractivity contribution is 0.118. The summed E-state index contributed by atoms with van der Waals surface area (Å²) in [6.07, 6.45) is 4.23. The summed E-state index contributed by atoms with van der Waals surface area (Å²) in [7, 11) is 0. The van der Waals surface area contributed by atoms with Crippen molar-refractivity contribution in [3.63, 3.8) is 0 Å². The van der Waals surface area contributed by atoms with Crippen LogP contribution in [0.5, 0.6) is 0 Å². The van der Waals surface area contributed by atoms with Crippen LogP contribution in [0.25, 0.3) is 0 Å². The molecule has 6 heteroatoms. The number of likely N-dealkylation sites (N-methyl/N-ethyl adjacent to an activating group) is 2. The summed E-state index contributed by atoms with van der Waals surface area (Å²) < 4.78 is 0. The third-order valence-corrected chi connectivity index (χ3v) is 5.94. The van der Waals surface area contributed by atoms with Gasteiger partial charge in [0.1, 0.15) is 0 Å². The molecule has 4 nitrogen and oxygen atoms in total. The summed E-state index contributed by atoms with van der Waals surface area (Å²) in [6.45, 7) is 5.93. The average Bonchev–Trinajstić information content (AvgIpc) is 3.19. The number of hydrogen-bond donors (Lipinski definition) is 0. The van der Waals surface area contributed by atoms with Gasteiger partial charge in [-0.2, -0.15) is 0 Å². The van der Waals surface area contributed by atoms with Gasteiger partial charge < -0.3 is 9.80 Å². The second-order valence-electron chi connectivity index (χ2n) is 6.44. The molecule has 0 aliphatic carbocycles. The van der Waals surface area contributed by atoms with Gasteiger partial charge in [-0.05, 0) is 50.3 Å². The fraction of sp³-hybridized carbons (Fsp3) is 0.238. The van der Waals surface area contributed by atoms with Crippen LogP contribution in [0.2, 0.25) is 0 Å². The molecule has 138 valence electrons. The topological polar surface area (TPSA) is 13.0 Å². The highest BCUT2D eigenvalue weighted by Gasteiger charge is 2.61. The van der Waals surface area contributed by atoms with Crippen LogP contribution in [0.15, 0.2) is 73.1 Å². The molecule has 2 heterocycles. The van der Waals surface area contributed by atoms with Crippen molar-refractivity contribution in [3.8, 4) is 0 Å². The number of anilines is 2. The maximum absolute atomic E-state index is 6.11. The highest BCUT2D eigenvalue weighted by atomic mass is 32.1. The smallest absolute Gasteiger partial charge is 0.252 e. The molecule has 2 aromatic carbocycles. The van der Waals surface area contributed by atoms with E-state index in [1.807, 2.05) is 41.3 Å². The minimum atomic E-state index is -0.646. The molecule has 2 aromatic rings. The van der Waals surface area contributed by atoms with Crippen molar-refractivity contribution >= 4 is 45.9 Å². The van der Waals surface area contributed by atoms with Crippen LogP contribution in [0.1, 0.15) is 13.8 Å². The molecule has 0 N–H and O–H groups in total. The molecule has 0 atom stereocenters. The minimum absolute atomic E-state index is 0.646. The largest absolute Gasteiger partial charge is 0.331 e. The van der Waals surface area contributed by atoms with Crippen molar-refractivity contribution in [2.24, 2.45) is 0 Å². The van der Waals surface area contributed by atoms with Crippen LogP contribution in [0.3, 0.4) is 0 Å². The molecule has 0 bridgehead atoms. The van der Waals surface area contributed by atoms with Crippen molar-refractivity contribution in [2.45, 2.75) is 19.6 Å². The molecule has 0 aromatic heterocycles. The van der Waals surface area contributed by atoms with Crippen LogP contribution in [-0.4, -0.2) is 38.8 Å². The van der Waals surface area contributed by atoms with Crippen LogP contribution < -0.4 is 9.80 Å². The van der Waals surface area contributed by atoms with E-state index in [0.717, 1.165) is 29.5 Å². The van der Waals surface area contributed by atoms with Crippen LogP contribution in [0.4, 0.5) is 11.4 Å². The lowest BCUT2D eigenvalue weighted by Crippen LogP contribution is -2.66. The Morgan fingerprint density at radius 3 is 1.70 bits per heavy atom. The van der Waals surface area contributed by atoms with E-state index in [1.54, 1.807) is 0 Å². The Labute approximate surface area is 171 Å². The maximum Gasteiger partial charge on any atom is 0.252 e. The number of para-hydroxylation sites is 2. The number of hydrogen-bond acceptors (Lipinski definition) is 4. The standard InChI is InChI=1S/C21H22N4S2/c1-3-22-15-16-23(4-2)21(22)19(26)24(17-11-7-5-8-12-17)20(27)25(21)18-13-9-6-10-14-18/h5-16H,3-4H2,1-2H3. The molecule has 0 saturated carbocycles. The van der Waals surface area contributed by atoms with Crippen molar-refractivity contribution in [1.82, 2.24) is 9.80 Å². The molecular weight excluding hydrogens is 372 g/mol. The molecular formula is C21H22N4S2. The molecule has 2 aliphatic heterocycles. The SMILES string of the molecule is CCN1C=CN(CC)C12C(=S)N(c1ccccc1)C(=S)N2c1ccccc1. The number of rotatable bonds is 4. The average molecular weight is 395 g/mol. The minimum Gasteiger partial charge on any atom is -0.331 e. The van der Waals surface area contributed by atoms with Gasteiger partial charge in [0.25, 0.3) is 5.79 Å². The third-order valence-electron chi connectivity index (χ3n) is 5.12. The van der Waals surface area contributed by atoms with E-state index >= 15 is 0 Å². The van der Waals surface area contributed by atoms with E-state index in [-0.39, 0.29) is 0 Å². The molecule has 4 rings (SSSR count). The molecule has 1 spiro atoms. The van der Waals surface area contributed by atoms with Gasteiger partial charge in [-0.3, -0.25) is 9.80 Å². The van der Waals surface area contributed by atoms with Gasteiger partial charge in [-0.1, -0.05) is 48.6 Å². The Balaban J connectivity index is 1.94. The number of nitrogens with zero attached hydrogens (tertiary/aromatic N) is 4. The van der Waals surface area contributed by atoms with Crippen molar-refractivity contribution in [2.75, 3.05) is 22.9 Å². The lowest BCUT2D eigenvalue weighted by Gasteiger charge is -2.46. The van der Waals surface area contributed by atoms with E-state index in [9.17, 15) is 0 Å². The van der Waals surface area contributed by atoms with E-state index in [4.69, 9.17) is 24.4 Å². The summed E-state index contributed by atoms with van der Waals surface area (Å²) >= 11 is 12.1. The highest BCUT2D eigenvalue weighted by molar-refractivity contribution is 7.83. The molecule has 0 amide bonds. The van der Waals surface area contributed by atoms with Gasteiger partial charge >= 0.3 is 0 Å². The van der Waals surface area contributed by atoms with E-state index < -0.39 is 5.79 Å². The second-order valence-corrected chi connectivity index (χ2v) is 7.19. The summed E-state index contributed by atoms with van der Waals surface area (Å²) in [4.78, 5) is 9.51. The van der Waals surface area contributed by atoms with Crippen LogP contribution in [-0.2, 0) is 0 Å². The summed E-state index contributed by atoms with van der Waals surface area (Å²) in [5, 5.41) is 0.693. The molecule has 0 unspecified atom stereocenters. The fourth-order valence-corrected chi connectivity index (χ4v) is 4.93. The number of benzene rings is 2. The summed E-state index contributed by atoms with van der Waals surface area (Å²) in [5.74, 6) is -0.646. The van der Waals surface area contributed by atoms with Gasteiger partial charge in [0.2, 0.25) is 0 Å². The molecule has 0 radical (unpaired) electrons. The maximum atomic E-state index is 6.11. The van der Waals surface area contributed by atoms with E-state index in [1.165, 1.54) is 0 Å². The van der Waals surface area contributed by atoms with Crippen molar-refractivity contribution in [3.05, 3.63) is 73.1 Å². The first-order valence-corrected chi connectivity index (χ1v) is 9.98. The Morgan fingerprint density at radius 1 is 0.741 bits per heavy atom. The molecule has 1 fully saturated rings. The zero-order chi connectivity index (χ0) is 19.0. The zero-order valence-electron chi connectivity index (χ0n) is 15.4. The first-order chi connectivity index (χ1) is 13.2. The normalized spacial score (nSPS) is 18.3. The predicted octanol–water partition coefficient (Wildman–Crippen LogP) is 4.41. The van der Waals surface area contributed by atoms with E-state index in [0.29, 0.717) is 5.11 Å². The fourth-order valence-electron chi connectivity index (χ4n) is 3.93. The van der Waals surface area contributed by atoms with Gasteiger partial charge in [-0.25, -0.2) is 0 Å². The summed E-state index contributed by atoms with van der Waals surface area (Å²) in [6, 6.07) is 20.4.